The lowest BCUT2D eigenvalue weighted by atomic mass is 10.0. The van der Waals surface area contributed by atoms with Gasteiger partial charge in [0.25, 0.3) is 0 Å². The minimum Gasteiger partial charge on any atom is -0.338 e. The van der Waals surface area contributed by atoms with Crippen LogP contribution in [0.2, 0.25) is 0 Å². The highest BCUT2D eigenvalue weighted by Crippen LogP contribution is 2.29. The van der Waals surface area contributed by atoms with Gasteiger partial charge >= 0.3 is 0 Å². The third-order valence-corrected chi connectivity index (χ3v) is 5.89. The fourth-order valence-electron chi connectivity index (χ4n) is 4.48. The van der Waals surface area contributed by atoms with Gasteiger partial charge in [0.05, 0.1) is 5.69 Å². The first-order valence-electron chi connectivity index (χ1n) is 8.98. The second-order valence-corrected chi connectivity index (χ2v) is 7.26. The molecular weight excluding hydrogens is 288 g/mol. The Morgan fingerprint density at radius 2 is 1.83 bits per heavy atom. The summed E-state index contributed by atoms with van der Waals surface area (Å²) < 4.78 is 1.92. The third-order valence-electron chi connectivity index (χ3n) is 5.89. The fraction of sp³-hybridized carbons (Fsp3) is 0.778. The van der Waals surface area contributed by atoms with Gasteiger partial charge in [0.2, 0.25) is 5.91 Å². The summed E-state index contributed by atoms with van der Waals surface area (Å²) in [7, 11) is 4.18. The number of rotatable bonds is 4. The van der Waals surface area contributed by atoms with E-state index in [4.69, 9.17) is 0 Å². The molecule has 0 N–H and O–H groups in total. The van der Waals surface area contributed by atoms with Gasteiger partial charge in [-0.1, -0.05) is 0 Å². The van der Waals surface area contributed by atoms with Gasteiger partial charge in [-0.25, -0.2) is 0 Å². The molecule has 1 amide bonds. The largest absolute Gasteiger partial charge is 0.338 e. The summed E-state index contributed by atoms with van der Waals surface area (Å²) in [6.45, 7) is 6.25. The average molecular weight is 318 g/mol. The van der Waals surface area contributed by atoms with Gasteiger partial charge < -0.3 is 9.80 Å². The Kier molecular flexibility index (Phi) is 4.76. The quantitative estimate of drug-likeness (QED) is 0.853. The molecule has 2 atom stereocenters. The number of carbonyl (C=O) groups is 1. The summed E-state index contributed by atoms with van der Waals surface area (Å²) in [5, 5.41) is 4.46. The van der Waals surface area contributed by atoms with Crippen LogP contribution in [0.15, 0.2) is 0 Å². The zero-order valence-corrected chi connectivity index (χ0v) is 15.0. The standard InChI is InChI=1S/C18H30N4O/c1-13-15(14(2)21(4)19-13)9-10-18(23)22-12-6-8-17(22)16-7-5-11-20(16)3/h16-17H,5-12H2,1-4H3/t16-,17+/m0/s1. The van der Waals surface area contributed by atoms with Crippen LogP contribution in [0, 0.1) is 13.8 Å². The topological polar surface area (TPSA) is 41.4 Å². The van der Waals surface area contributed by atoms with Crippen molar-refractivity contribution in [3.8, 4) is 0 Å². The molecule has 0 saturated carbocycles. The van der Waals surface area contributed by atoms with E-state index >= 15 is 0 Å². The highest BCUT2D eigenvalue weighted by molar-refractivity contribution is 5.77. The minimum atomic E-state index is 0.329. The summed E-state index contributed by atoms with van der Waals surface area (Å²) in [4.78, 5) is 17.4. The molecular formula is C18H30N4O. The summed E-state index contributed by atoms with van der Waals surface area (Å²) in [6.07, 6.45) is 6.27. The van der Waals surface area contributed by atoms with E-state index in [2.05, 4.69) is 28.9 Å². The van der Waals surface area contributed by atoms with E-state index in [0.29, 0.717) is 24.4 Å². The predicted octanol–water partition coefficient (Wildman–Crippen LogP) is 2.05. The number of aryl methyl sites for hydroxylation is 2. The van der Waals surface area contributed by atoms with Crippen molar-refractivity contribution < 1.29 is 4.79 Å². The molecule has 2 saturated heterocycles. The first kappa shape index (κ1) is 16.5. The molecule has 2 aliphatic rings. The first-order chi connectivity index (χ1) is 11.0. The average Bonchev–Trinajstić information content (AvgIpc) is 3.19. The Morgan fingerprint density at radius 1 is 1.13 bits per heavy atom. The molecule has 3 heterocycles. The van der Waals surface area contributed by atoms with Crippen LogP contribution in [0.4, 0.5) is 0 Å². The predicted molar refractivity (Wildman–Crippen MR) is 91.4 cm³/mol. The summed E-state index contributed by atoms with van der Waals surface area (Å²) >= 11 is 0. The smallest absolute Gasteiger partial charge is 0.223 e. The van der Waals surface area contributed by atoms with E-state index in [1.807, 2.05) is 18.7 Å². The van der Waals surface area contributed by atoms with Gasteiger partial charge in [-0.05, 0) is 65.1 Å². The van der Waals surface area contributed by atoms with Crippen LogP contribution < -0.4 is 0 Å². The number of carbonyl (C=O) groups excluding carboxylic acids is 1. The second kappa shape index (κ2) is 6.63. The molecule has 0 bridgehead atoms. The number of nitrogens with zero attached hydrogens (tertiary/aromatic N) is 4. The highest BCUT2D eigenvalue weighted by atomic mass is 16.2. The molecule has 2 fully saturated rings. The van der Waals surface area contributed by atoms with Crippen molar-refractivity contribution in [1.29, 1.82) is 0 Å². The maximum absolute atomic E-state index is 12.8. The number of amides is 1. The van der Waals surface area contributed by atoms with Gasteiger partial charge in [-0.3, -0.25) is 9.48 Å². The molecule has 1 aromatic rings. The van der Waals surface area contributed by atoms with Gasteiger partial charge in [0.1, 0.15) is 0 Å². The van der Waals surface area contributed by atoms with Gasteiger partial charge in [0.15, 0.2) is 0 Å². The molecule has 0 spiro atoms. The van der Waals surface area contributed by atoms with E-state index < -0.39 is 0 Å². The molecule has 5 heteroatoms. The lowest BCUT2D eigenvalue weighted by Crippen LogP contribution is -2.47. The Bertz CT molecular complexity index is 580. The first-order valence-corrected chi connectivity index (χ1v) is 8.98. The van der Waals surface area contributed by atoms with Crippen molar-refractivity contribution in [3.05, 3.63) is 17.0 Å². The molecule has 0 radical (unpaired) electrons. The van der Waals surface area contributed by atoms with Crippen LogP contribution in [0.1, 0.15) is 49.1 Å². The molecule has 2 aliphatic heterocycles. The van der Waals surface area contributed by atoms with Crippen LogP contribution in [0.5, 0.6) is 0 Å². The Labute approximate surface area is 139 Å². The maximum atomic E-state index is 12.8. The van der Waals surface area contributed by atoms with Crippen LogP contribution in [0.25, 0.3) is 0 Å². The zero-order valence-electron chi connectivity index (χ0n) is 15.0. The Balaban J connectivity index is 1.63. The molecule has 0 unspecified atom stereocenters. The number of aromatic nitrogens is 2. The van der Waals surface area contributed by atoms with Crippen molar-refractivity contribution in [1.82, 2.24) is 19.6 Å². The molecule has 128 valence electrons. The van der Waals surface area contributed by atoms with E-state index in [-0.39, 0.29) is 0 Å². The maximum Gasteiger partial charge on any atom is 0.223 e. The normalized spacial score (nSPS) is 25.5. The lowest BCUT2D eigenvalue weighted by Gasteiger charge is -2.33. The number of hydrogen-bond acceptors (Lipinski definition) is 3. The van der Waals surface area contributed by atoms with E-state index in [9.17, 15) is 4.79 Å². The van der Waals surface area contributed by atoms with E-state index in [1.165, 1.54) is 37.1 Å². The molecule has 3 rings (SSSR count). The van der Waals surface area contributed by atoms with Crippen molar-refractivity contribution in [3.63, 3.8) is 0 Å². The van der Waals surface area contributed by atoms with Crippen LogP contribution >= 0.6 is 0 Å². The Hall–Kier alpha value is -1.36. The van der Waals surface area contributed by atoms with Crippen molar-refractivity contribution in [2.45, 2.75) is 64.5 Å². The number of likely N-dealkylation sites (tertiary alicyclic amines) is 2. The van der Waals surface area contributed by atoms with Crippen molar-refractivity contribution >= 4 is 5.91 Å². The summed E-state index contributed by atoms with van der Waals surface area (Å²) in [5.41, 5.74) is 3.49. The summed E-state index contributed by atoms with van der Waals surface area (Å²) in [6, 6.07) is 1.01. The fourth-order valence-corrected chi connectivity index (χ4v) is 4.48. The molecule has 0 aromatic carbocycles. The Morgan fingerprint density at radius 3 is 2.43 bits per heavy atom. The highest BCUT2D eigenvalue weighted by Gasteiger charge is 2.38. The second-order valence-electron chi connectivity index (χ2n) is 7.26. The van der Waals surface area contributed by atoms with Gasteiger partial charge in [0, 0.05) is 37.8 Å². The third kappa shape index (κ3) is 3.16. The van der Waals surface area contributed by atoms with E-state index in [0.717, 1.165) is 25.1 Å². The molecule has 1 aromatic heterocycles. The lowest BCUT2D eigenvalue weighted by molar-refractivity contribution is -0.132. The molecule has 5 nitrogen and oxygen atoms in total. The van der Waals surface area contributed by atoms with Crippen LogP contribution in [0.3, 0.4) is 0 Å². The van der Waals surface area contributed by atoms with Crippen LogP contribution in [-0.4, -0.2) is 57.7 Å². The summed E-state index contributed by atoms with van der Waals surface area (Å²) in [5.74, 6) is 0.329. The number of hydrogen-bond donors (Lipinski definition) is 0. The minimum absolute atomic E-state index is 0.329. The SMILES string of the molecule is Cc1nn(C)c(C)c1CCC(=O)N1CCC[C@@H]1[C@@H]1CCCN1C. The molecule has 23 heavy (non-hydrogen) atoms. The monoisotopic (exact) mass is 318 g/mol. The van der Waals surface area contributed by atoms with Crippen molar-refractivity contribution in [2.75, 3.05) is 20.1 Å². The van der Waals surface area contributed by atoms with Gasteiger partial charge in [-0.15, -0.1) is 0 Å². The number of likely N-dealkylation sites (N-methyl/N-ethyl adjacent to an activating group) is 1. The van der Waals surface area contributed by atoms with Gasteiger partial charge in [-0.2, -0.15) is 5.10 Å². The van der Waals surface area contributed by atoms with Crippen molar-refractivity contribution in [2.24, 2.45) is 7.05 Å². The van der Waals surface area contributed by atoms with Crippen LogP contribution in [-0.2, 0) is 18.3 Å². The van der Waals surface area contributed by atoms with E-state index in [1.54, 1.807) is 0 Å². The molecule has 0 aliphatic carbocycles. The zero-order chi connectivity index (χ0) is 16.6.